The van der Waals surface area contributed by atoms with Crippen LogP contribution in [-0.2, 0) is 52.5 Å². The summed E-state index contributed by atoms with van der Waals surface area (Å²) in [7, 11) is 19.7. The van der Waals surface area contributed by atoms with E-state index in [1.165, 1.54) is 99.3 Å². The fourth-order valence-corrected chi connectivity index (χ4v) is 19.7. The fraction of sp³-hybridized carbons (Fsp3) is 0.489. The van der Waals surface area contributed by atoms with Crippen LogP contribution in [0.15, 0.2) is 229 Å². The third kappa shape index (κ3) is 17.6. The molecule has 0 bridgehead atoms. The van der Waals surface area contributed by atoms with Crippen molar-refractivity contribution in [2.45, 2.75) is 171 Å². The second-order valence-electron chi connectivity index (χ2n) is 33.0. The second kappa shape index (κ2) is 35.6. The molecule has 12 atom stereocenters. The summed E-state index contributed by atoms with van der Waals surface area (Å²) in [6.07, 6.45) is 52.6. The molecule has 6 heteroatoms. The van der Waals surface area contributed by atoms with Crippen LogP contribution < -0.4 is 0 Å². The molecule has 0 radical (unpaired) electrons. The molecule has 12 rings (SSSR count). The fourth-order valence-electron chi connectivity index (χ4n) is 19.7. The van der Waals surface area contributed by atoms with Crippen molar-refractivity contribution in [2.75, 3.05) is 0 Å². The number of benzene rings is 4. The van der Waals surface area contributed by atoms with E-state index in [9.17, 15) is 0 Å². The zero-order valence-electron chi connectivity index (χ0n) is 61.7. The van der Waals surface area contributed by atoms with Crippen molar-refractivity contribution in [3.8, 4) is 0 Å². The normalized spacial score (nSPS) is 27.8. The molecule has 0 spiro atoms. The van der Waals surface area contributed by atoms with Crippen molar-refractivity contribution >= 4 is 34.1 Å². The Hall–Kier alpha value is -2.53. The summed E-state index contributed by atoms with van der Waals surface area (Å²) in [6, 6.07) is 48.0. The molecule has 0 aromatic heterocycles. The van der Waals surface area contributed by atoms with Gasteiger partial charge in [0.05, 0.1) is 0 Å². The van der Waals surface area contributed by atoms with Gasteiger partial charge in [-0.3, -0.25) is 0 Å². The average Bonchev–Trinajstić information content (AvgIpc) is 1.51. The predicted octanol–water partition coefficient (Wildman–Crippen LogP) is 27.6. The molecule has 0 saturated heterocycles. The summed E-state index contributed by atoms with van der Waals surface area (Å²) in [5.41, 5.74) is 12.4. The van der Waals surface area contributed by atoms with Gasteiger partial charge in [0.2, 0.25) is 0 Å². The monoisotopic (exact) mass is 1520 g/mol. The van der Waals surface area contributed by atoms with Gasteiger partial charge in [0, 0.05) is 10.8 Å². The second-order valence-corrected chi connectivity index (χ2v) is 40.5. The minimum absolute atomic E-state index is 0. The van der Waals surface area contributed by atoms with Crippen LogP contribution in [-0.4, -0.2) is 0 Å². The first kappa shape index (κ1) is 82.4. The van der Waals surface area contributed by atoms with Crippen molar-refractivity contribution in [3.05, 3.63) is 281 Å². The first-order valence-electron chi connectivity index (χ1n) is 35.4. The quantitative estimate of drug-likeness (QED) is 0.0596. The van der Waals surface area contributed by atoms with Crippen molar-refractivity contribution in [1.82, 2.24) is 0 Å². The van der Waals surface area contributed by atoms with Crippen LogP contribution in [0.2, 0.25) is 0 Å². The molecule has 96 heavy (non-hydrogen) atoms. The Balaban J connectivity index is 0.00000141. The van der Waals surface area contributed by atoms with E-state index in [0.717, 1.165) is 11.8 Å². The summed E-state index contributed by atoms with van der Waals surface area (Å²) in [5.74, 6) is 7.41. The number of rotatable bonds is 16. The van der Waals surface area contributed by atoms with Crippen LogP contribution in [0.4, 0.5) is 0 Å². The Morgan fingerprint density at radius 2 is 0.573 bits per heavy atom. The van der Waals surface area contributed by atoms with Crippen LogP contribution in [0.25, 0.3) is 0 Å². The molecule has 8 aliphatic carbocycles. The van der Waals surface area contributed by atoms with Crippen molar-refractivity contribution in [1.29, 1.82) is 0 Å². The molecule has 4 aromatic carbocycles. The standard InChI is InChI=1S/C86H108.4CH3.4ClH.2Zr/c1-81(2,3)65-45-49-71-72-50-46-66(82(4,5)6)56-76(72)79(75(71)55-65)85(61-33-23-17-24-34-61,62-35-25-18-26-36-62)69-43-41-59(53-69)31-21-15-13-14-16-22-32-60-42-44-70(54-60)86(63-37-27-19-28-38-63,64-39-29-20-30-40-64)80-77-57-67(83(7,8)9)47-51-73(77)74-52-48-68(58-78(74)80)84(10,11)12;;;;;;;;;;/h13-14,17-20,23-30,33-40,45-52,55-60,69-80H,15-16,21-22,31-32,41-44,53-54H2,1-12H3;4*1H3;4*1H;;/q;4*-1;;;;;2*+4/p-4/b14-13+;;;;;;;;;;. The van der Waals surface area contributed by atoms with E-state index in [1.54, 1.807) is 22.3 Å². The number of halogens is 4. The summed E-state index contributed by atoms with van der Waals surface area (Å²) in [6.45, 7) is 29.1. The summed E-state index contributed by atoms with van der Waals surface area (Å²) < 4.78 is 0. The van der Waals surface area contributed by atoms with E-state index in [2.05, 4.69) is 289 Å². The Kier molecular flexibility index (Phi) is 30.5. The van der Waals surface area contributed by atoms with Crippen LogP contribution in [0.5, 0.6) is 0 Å². The molecule has 4 saturated carbocycles. The Morgan fingerprint density at radius 1 is 0.344 bits per heavy atom. The number of unbranched alkanes of at least 4 members (excludes halogenated alkanes) is 2. The number of allylic oxidation sites excluding steroid dienone is 18. The molecule has 4 fully saturated rings. The van der Waals surface area contributed by atoms with E-state index in [-0.39, 0.29) is 62.2 Å². The Bertz CT molecular complexity index is 2930. The van der Waals surface area contributed by atoms with Crippen LogP contribution in [0, 0.1) is 134 Å². The van der Waals surface area contributed by atoms with Crippen LogP contribution in [0.3, 0.4) is 0 Å². The van der Waals surface area contributed by atoms with Gasteiger partial charge in [0.15, 0.2) is 0 Å². The molecule has 0 N–H and O–H groups in total. The van der Waals surface area contributed by atoms with Gasteiger partial charge in [-0.15, -0.1) is 0 Å². The maximum absolute atomic E-state index is 4.93. The molecule has 4 aromatic rings. The van der Waals surface area contributed by atoms with Crippen LogP contribution >= 0.6 is 34.1 Å². The molecule has 12 unspecified atom stereocenters. The molecular formula is C90H120Cl4Zr2. The summed E-state index contributed by atoms with van der Waals surface area (Å²) >= 11 is -1.65. The SMILES string of the molecule is CC(C)(C)C1=CC2C(C=C1)C1C=CC(C(C)(C)C)=CC1C2C(c1ccccc1)(c1ccccc1)C1CCC(CCC/C=C/CCCC2CCC(C(c3ccccc3)(c3ccccc3)C3C4C=C(C(C)(C)C)C=CC4C4C=CC(C(C)(C)C)=CC43)C2)C1.[CH3-].[CH3-].[CH3-].[CH3-].[Cl][Zr+2][Cl].[Cl][Zr+2][Cl]. The zero-order valence-corrected chi connectivity index (χ0v) is 69.6. The molecule has 0 nitrogen and oxygen atoms in total. The van der Waals surface area contributed by atoms with Crippen LogP contribution in [0.1, 0.15) is 182 Å². The van der Waals surface area contributed by atoms with Crippen molar-refractivity contribution in [3.63, 3.8) is 0 Å². The van der Waals surface area contributed by atoms with E-state index >= 15 is 0 Å². The van der Waals surface area contributed by atoms with Gasteiger partial charge in [0.1, 0.15) is 0 Å². The first-order valence-corrected chi connectivity index (χ1v) is 48.1. The van der Waals surface area contributed by atoms with E-state index < -0.39 is 41.7 Å². The number of hydrogen-bond donors (Lipinski definition) is 0. The van der Waals surface area contributed by atoms with E-state index in [0.29, 0.717) is 71.0 Å². The predicted molar refractivity (Wildman–Crippen MR) is 417 cm³/mol. The third-order valence-corrected chi connectivity index (χ3v) is 23.8. The van der Waals surface area contributed by atoms with Crippen molar-refractivity contribution < 1.29 is 41.7 Å². The molecule has 0 amide bonds. The molecule has 516 valence electrons. The third-order valence-electron chi connectivity index (χ3n) is 23.8. The number of hydrogen-bond acceptors (Lipinski definition) is 0. The summed E-state index contributed by atoms with van der Waals surface area (Å²) in [4.78, 5) is 0. The maximum atomic E-state index is 4.93. The van der Waals surface area contributed by atoms with Gasteiger partial charge in [-0.1, -0.05) is 315 Å². The zero-order chi connectivity index (χ0) is 65.6. The van der Waals surface area contributed by atoms with Crippen molar-refractivity contribution in [2.24, 2.45) is 105 Å². The van der Waals surface area contributed by atoms with Gasteiger partial charge in [-0.05, 0) is 200 Å². The van der Waals surface area contributed by atoms with E-state index in [1.807, 2.05) is 0 Å². The topological polar surface area (TPSA) is 0 Å². The minimum atomic E-state index is -0.826. The molecular weight excluding hydrogens is 1410 g/mol. The first-order chi connectivity index (χ1) is 44.0. The van der Waals surface area contributed by atoms with Gasteiger partial charge in [-0.2, -0.15) is 0 Å². The average molecular weight is 1530 g/mol. The van der Waals surface area contributed by atoms with Gasteiger partial charge in [0.25, 0.3) is 0 Å². The Morgan fingerprint density at radius 3 is 0.792 bits per heavy atom. The summed E-state index contributed by atoms with van der Waals surface area (Å²) in [5, 5.41) is 0. The van der Waals surface area contributed by atoms with Gasteiger partial charge < -0.3 is 29.7 Å². The molecule has 0 heterocycles. The van der Waals surface area contributed by atoms with Gasteiger partial charge in [-0.25, -0.2) is 0 Å². The van der Waals surface area contributed by atoms with Gasteiger partial charge >= 0.3 is 75.7 Å². The Labute approximate surface area is 625 Å². The number of fused-ring (bicyclic) bond motifs is 6. The van der Waals surface area contributed by atoms with E-state index in [4.69, 9.17) is 34.1 Å². The molecule has 0 aliphatic heterocycles. The molecule has 8 aliphatic rings.